The molecule has 0 aliphatic heterocycles. The molecule has 88 valence electrons. The lowest BCUT2D eigenvalue weighted by Crippen LogP contribution is -1.94. The highest BCUT2D eigenvalue weighted by atomic mass is 16.5. The second kappa shape index (κ2) is 4.29. The molecule has 2 rings (SSSR count). The molecule has 1 aromatic heterocycles. The highest BCUT2D eigenvalue weighted by Gasteiger charge is 2.13. The average molecular weight is 233 g/mol. The van der Waals surface area contributed by atoms with Gasteiger partial charge in [-0.1, -0.05) is 5.16 Å². The van der Waals surface area contributed by atoms with E-state index >= 15 is 0 Å². The molecule has 2 aromatic rings. The zero-order valence-electron chi connectivity index (χ0n) is 9.43. The number of ether oxygens (including phenoxy) is 1. The van der Waals surface area contributed by atoms with Crippen LogP contribution in [0.1, 0.15) is 16.1 Å². The minimum absolute atomic E-state index is 0.102. The summed E-state index contributed by atoms with van der Waals surface area (Å²) < 4.78 is 10.1. The Kier molecular flexibility index (Phi) is 2.82. The Morgan fingerprint density at radius 2 is 2.18 bits per heavy atom. The van der Waals surface area contributed by atoms with E-state index in [0.717, 1.165) is 16.9 Å². The first kappa shape index (κ1) is 11.2. The van der Waals surface area contributed by atoms with Crippen LogP contribution in [0.5, 0.6) is 5.75 Å². The molecule has 1 aromatic carbocycles. The van der Waals surface area contributed by atoms with Crippen LogP contribution in [0.15, 0.2) is 28.8 Å². The number of methoxy groups -OCH3 is 1. The van der Waals surface area contributed by atoms with Crippen LogP contribution in [0.3, 0.4) is 0 Å². The van der Waals surface area contributed by atoms with Crippen LogP contribution in [0.2, 0.25) is 0 Å². The first-order valence-electron chi connectivity index (χ1n) is 4.97. The summed E-state index contributed by atoms with van der Waals surface area (Å²) in [5.41, 5.74) is 1.62. The fourth-order valence-corrected chi connectivity index (χ4v) is 1.54. The molecule has 0 unspecified atom stereocenters. The molecular formula is C12H11NO4. The fraction of sp³-hybridized carbons (Fsp3) is 0.167. The van der Waals surface area contributed by atoms with Crippen molar-refractivity contribution >= 4 is 5.97 Å². The van der Waals surface area contributed by atoms with Gasteiger partial charge in [0.2, 0.25) is 0 Å². The lowest BCUT2D eigenvalue weighted by Gasteiger charge is -2.04. The quantitative estimate of drug-likeness (QED) is 0.880. The zero-order chi connectivity index (χ0) is 12.4. The van der Waals surface area contributed by atoms with Crippen molar-refractivity contribution < 1.29 is 19.2 Å². The number of aromatic carboxylic acids is 1. The van der Waals surface area contributed by atoms with Crippen molar-refractivity contribution in [3.8, 4) is 17.1 Å². The SMILES string of the molecule is COc1ccc(-c2cc(C(=O)O)no2)c(C)c1. The normalized spacial score (nSPS) is 10.2. The number of hydrogen-bond donors (Lipinski definition) is 1. The van der Waals surface area contributed by atoms with Crippen molar-refractivity contribution in [1.29, 1.82) is 0 Å². The predicted octanol–water partition coefficient (Wildman–Crippen LogP) is 2.36. The Labute approximate surface area is 97.6 Å². The third-order valence-electron chi connectivity index (χ3n) is 2.43. The molecule has 5 heteroatoms. The maximum atomic E-state index is 10.7. The van der Waals surface area contributed by atoms with Gasteiger partial charge in [-0.15, -0.1) is 0 Å². The van der Waals surface area contributed by atoms with Crippen LogP contribution in [-0.2, 0) is 0 Å². The molecule has 0 bridgehead atoms. The molecule has 1 N–H and O–H groups in total. The van der Waals surface area contributed by atoms with Gasteiger partial charge in [-0.2, -0.15) is 0 Å². The summed E-state index contributed by atoms with van der Waals surface area (Å²) in [6.45, 7) is 1.89. The lowest BCUT2D eigenvalue weighted by molar-refractivity contribution is 0.0686. The van der Waals surface area contributed by atoms with Gasteiger partial charge in [0.25, 0.3) is 0 Å². The molecule has 0 fully saturated rings. The van der Waals surface area contributed by atoms with Gasteiger partial charge in [-0.25, -0.2) is 4.79 Å². The minimum Gasteiger partial charge on any atom is -0.497 e. The van der Waals surface area contributed by atoms with Crippen LogP contribution in [0, 0.1) is 6.92 Å². The van der Waals surface area contributed by atoms with Gasteiger partial charge in [0.15, 0.2) is 11.5 Å². The van der Waals surface area contributed by atoms with Crippen LogP contribution >= 0.6 is 0 Å². The first-order chi connectivity index (χ1) is 8.11. The van der Waals surface area contributed by atoms with Crippen molar-refractivity contribution in [2.24, 2.45) is 0 Å². The molecule has 1 heterocycles. The molecule has 0 aliphatic rings. The molecule has 0 radical (unpaired) electrons. The van der Waals surface area contributed by atoms with E-state index < -0.39 is 5.97 Å². The number of aryl methyl sites for hydroxylation is 1. The number of aromatic nitrogens is 1. The summed E-state index contributed by atoms with van der Waals surface area (Å²) in [5, 5.41) is 12.2. The number of carboxylic acids is 1. The van der Waals surface area contributed by atoms with E-state index in [-0.39, 0.29) is 5.69 Å². The number of hydrogen-bond acceptors (Lipinski definition) is 4. The summed E-state index contributed by atoms with van der Waals surface area (Å²) in [6, 6.07) is 6.83. The Bertz CT molecular complexity index is 559. The maximum absolute atomic E-state index is 10.7. The van der Waals surface area contributed by atoms with Crippen molar-refractivity contribution in [3.63, 3.8) is 0 Å². The van der Waals surface area contributed by atoms with Crippen LogP contribution in [-0.4, -0.2) is 23.3 Å². The summed E-state index contributed by atoms with van der Waals surface area (Å²) in [5.74, 6) is 0.0675. The van der Waals surface area contributed by atoms with E-state index in [0.29, 0.717) is 5.76 Å². The van der Waals surface area contributed by atoms with Gasteiger partial charge >= 0.3 is 5.97 Å². The summed E-state index contributed by atoms with van der Waals surface area (Å²) >= 11 is 0. The van der Waals surface area contributed by atoms with Gasteiger partial charge < -0.3 is 14.4 Å². The number of carboxylic acid groups (broad SMARTS) is 1. The summed E-state index contributed by atoms with van der Waals surface area (Å²) in [7, 11) is 1.59. The van der Waals surface area contributed by atoms with Gasteiger partial charge in [0.1, 0.15) is 5.75 Å². The number of benzene rings is 1. The standard InChI is InChI=1S/C12H11NO4/c1-7-5-8(16-2)3-4-9(7)11-6-10(12(14)15)13-17-11/h3-6H,1-2H3,(H,14,15). The largest absolute Gasteiger partial charge is 0.497 e. The first-order valence-corrected chi connectivity index (χ1v) is 4.97. The smallest absolute Gasteiger partial charge is 0.358 e. The summed E-state index contributed by atoms with van der Waals surface area (Å²) in [4.78, 5) is 10.7. The minimum atomic E-state index is -1.11. The number of carbonyl (C=O) groups is 1. The molecule has 0 spiro atoms. The van der Waals surface area contributed by atoms with Gasteiger partial charge in [0.05, 0.1) is 7.11 Å². The van der Waals surface area contributed by atoms with E-state index in [1.165, 1.54) is 6.07 Å². The molecule has 0 aliphatic carbocycles. The van der Waals surface area contributed by atoms with E-state index in [9.17, 15) is 4.79 Å². The van der Waals surface area contributed by atoms with E-state index in [1.54, 1.807) is 19.2 Å². The van der Waals surface area contributed by atoms with Gasteiger partial charge in [0, 0.05) is 11.6 Å². The Balaban J connectivity index is 2.42. The predicted molar refractivity (Wildman–Crippen MR) is 60.2 cm³/mol. The Morgan fingerprint density at radius 3 is 2.71 bits per heavy atom. The van der Waals surface area contributed by atoms with Crippen molar-refractivity contribution in [2.75, 3.05) is 7.11 Å². The topological polar surface area (TPSA) is 72.6 Å². The maximum Gasteiger partial charge on any atom is 0.358 e. The fourth-order valence-electron chi connectivity index (χ4n) is 1.54. The van der Waals surface area contributed by atoms with Gasteiger partial charge in [-0.05, 0) is 30.7 Å². The Morgan fingerprint density at radius 1 is 1.41 bits per heavy atom. The van der Waals surface area contributed by atoms with E-state index in [4.69, 9.17) is 14.4 Å². The van der Waals surface area contributed by atoms with E-state index in [2.05, 4.69) is 5.16 Å². The zero-order valence-corrected chi connectivity index (χ0v) is 9.43. The van der Waals surface area contributed by atoms with Crippen molar-refractivity contribution in [1.82, 2.24) is 5.16 Å². The van der Waals surface area contributed by atoms with E-state index in [1.807, 2.05) is 13.0 Å². The lowest BCUT2D eigenvalue weighted by atomic mass is 10.1. The second-order valence-corrected chi connectivity index (χ2v) is 3.56. The number of rotatable bonds is 3. The highest BCUT2D eigenvalue weighted by Crippen LogP contribution is 2.27. The highest BCUT2D eigenvalue weighted by molar-refractivity contribution is 5.86. The van der Waals surface area contributed by atoms with Crippen LogP contribution in [0.25, 0.3) is 11.3 Å². The number of nitrogens with zero attached hydrogens (tertiary/aromatic N) is 1. The third kappa shape index (κ3) is 2.13. The molecule has 0 saturated heterocycles. The molecular weight excluding hydrogens is 222 g/mol. The molecule has 0 atom stereocenters. The Hall–Kier alpha value is -2.30. The van der Waals surface area contributed by atoms with Crippen LogP contribution < -0.4 is 4.74 Å². The molecule has 0 amide bonds. The van der Waals surface area contributed by atoms with Gasteiger partial charge in [-0.3, -0.25) is 0 Å². The monoisotopic (exact) mass is 233 g/mol. The molecule has 0 saturated carbocycles. The second-order valence-electron chi connectivity index (χ2n) is 3.56. The van der Waals surface area contributed by atoms with Crippen molar-refractivity contribution in [3.05, 3.63) is 35.5 Å². The average Bonchev–Trinajstić information content (AvgIpc) is 2.78. The molecule has 17 heavy (non-hydrogen) atoms. The summed E-state index contributed by atoms with van der Waals surface area (Å²) in [6.07, 6.45) is 0. The van der Waals surface area contributed by atoms with Crippen molar-refractivity contribution in [2.45, 2.75) is 6.92 Å². The van der Waals surface area contributed by atoms with Crippen LogP contribution in [0.4, 0.5) is 0 Å². The third-order valence-corrected chi connectivity index (χ3v) is 2.43. The molecule has 5 nitrogen and oxygen atoms in total.